The van der Waals surface area contributed by atoms with Gasteiger partial charge in [-0.15, -0.1) is 0 Å². The van der Waals surface area contributed by atoms with E-state index in [-0.39, 0.29) is 5.41 Å². The van der Waals surface area contributed by atoms with Crippen LogP contribution in [0.2, 0.25) is 0 Å². The number of nitrogens with one attached hydrogen (secondary N) is 1. The Labute approximate surface area is 114 Å². The van der Waals surface area contributed by atoms with Gasteiger partial charge in [-0.3, -0.25) is 4.68 Å². The van der Waals surface area contributed by atoms with Gasteiger partial charge in [0, 0.05) is 37.2 Å². The zero-order valence-electron chi connectivity index (χ0n) is 11.7. The minimum absolute atomic E-state index is 0.251. The predicted molar refractivity (Wildman–Crippen MR) is 77.3 cm³/mol. The number of rotatable bonds is 4. The van der Waals surface area contributed by atoms with Crippen LogP contribution in [-0.4, -0.2) is 22.9 Å². The summed E-state index contributed by atoms with van der Waals surface area (Å²) in [5.74, 6) is 0. The first-order valence-electron chi connectivity index (χ1n) is 7.03. The zero-order chi connectivity index (χ0) is 13.3. The van der Waals surface area contributed by atoms with Gasteiger partial charge >= 0.3 is 0 Å². The molecule has 0 spiro atoms. The Morgan fingerprint density at radius 3 is 2.58 bits per heavy atom. The summed E-state index contributed by atoms with van der Waals surface area (Å²) in [5.41, 5.74) is 4.16. The Bertz CT molecular complexity index is 553. The Hall–Kier alpha value is -1.61. The van der Waals surface area contributed by atoms with Crippen LogP contribution < -0.4 is 5.32 Å². The maximum absolute atomic E-state index is 4.56. The lowest BCUT2D eigenvalue weighted by Gasteiger charge is -2.43. The van der Waals surface area contributed by atoms with Crippen molar-refractivity contribution in [3.05, 3.63) is 53.3 Å². The molecule has 0 radical (unpaired) electrons. The van der Waals surface area contributed by atoms with Crippen molar-refractivity contribution in [1.29, 1.82) is 0 Å². The van der Waals surface area contributed by atoms with Crippen LogP contribution in [-0.2, 0) is 18.4 Å². The number of nitrogens with zero attached hydrogens (tertiary/aromatic N) is 2. The van der Waals surface area contributed by atoms with Crippen molar-refractivity contribution in [2.24, 2.45) is 0 Å². The molecule has 1 aliphatic rings. The smallest absolute Gasteiger partial charge is 0.0596 e. The average molecular weight is 255 g/mol. The molecule has 3 nitrogen and oxygen atoms in total. The molecule has 0 saturated carbocycles. The summed E-state index contributed by atoms with van der Waals surface area (Å²) in [7, 11) is 0. The van der Waals surface area contributed by atoms with Gasteiger partial charge in [0.1, 0.15) is 0 Å². The molecule has 2 aromatic rings. The van der Waals surface area contributed by atoms with Gasteiger partial charge in [0.05, 0.1) is 5.69 Å². The number of hydrogen-bond acceptors (Lipinski definition) is 2. The van der Waals surface area contributed by atoms with Crippen molar-refractivity contribution in [1.82, 2.24) is 15.1 Å². The highest BCUT2D eigenvalue weighted by atomic mass is 15.3. The molecule has 0 atom stereocenters. The van der Waals surface area contributed by atoms with E-state index in [1.165, 1.54) is 11.3 Å². The summed E-state index contributed by atoms with van der Waals surface area (Å²) in [6.45, 7) is 7.30. The molecule has 3 heteroatoms. The highest BCUT2D eigenvalue weighted by molar-refractivity contribution is 5.32. The summed E-state index contributed by atoms with van der Waals surface area (Å²) < 4.78 is 2.14. The van der Waals surface area contributed by atoms with Crippen molar-refractivity contribution >= 4 is 0 Å². The maximum atomic E-state index is 4.56. The molecule has 1 aromatic carbocycles. The van der Waals surface area contributed by atoms with Crippen LogP contribution in [0.4, 0.5) is 0 Å². The second-order valence-corrected chi connectivity index (χ2v) is 5.52. The summed E-state index contributed by atoms with van der Waals surface area (Å²) in [6.07, 6.45) is 1.07. The lowest BCUT2D eigenvalue weighted by atomic mass is 9.72. The molecular formula is C16H21N3. The zero-order valence-corrected chi connectivity index (χ0v) is 11.7. The molecule has 1 aromatic heterocycles. The van der Waals surface area contributed by atoms with Gasteiger partial charge < -0.3 is 5.32 Å². The first-order chi connectivity index (χ1) is 9.23. The first kappa shape index (κ1) is 12.4. The van der Waals surface area contributed by atoms with E-state index in [4.69, 9.17) is 0 Å². The fourth-order valence-electron chi connectivity index (χ4n) is 3.01. The molecule has 1 N–H and O–H groups in total. The van der Waals surface area contributed by atoms with Crippen molar-refractivity contribution in [3.63, 3.8) is 0 Å². The third-order valence-corrected chi connectivity index (χ3v) is 4.12. The van der Waals surface area contributed by atoms with Crippen molar-refractivity contribution in [3.8, 4) is 0 Å². The van der Waals surface area contributed by atoms with E-state index in [9.17, 15) is 0 Å². The van der Waals surface area contributed by atoms with Crippen LogP contribution >= 0.6 is 0 Å². The number of benzene rings is 1. The van der Waals surface area contributed by atoms with E-state index in [2.05, 4.69) is 65.3 Å². The molecule has 0 amide bonds. The van der Waals surface area contributed by atoms with Crippen LogP contribution in [0.1, 0.15) is 23.9 Å². The van der Waals surface area contributed by atoms with Crippen LogP contribution in [0.25, 0.3) is 0 Å². The Morgan fingerprint density at radius 2 is 2.00 bits per heavy atom. The molecular weight excluding hydrogens is 234 g/mol. The van der Waals surface area contributed by atoms with E-state index < -0.39 is 0 Å². The van der Waals surface area contributed by atoms with Crippen molar-refractivity contribution < 1.29 is 0 Å². The SMILES string of the molecule is CCn1nc(C)cc1CC1(c2ccccc2)CNC1. The van der Waals surface area contributed by atoms with Crippen molar-refractivity contribution in [2.75, 3.05) is 13.1 Å². The standard InChI is InChI=1S/C16H21N3/c1-3-19-15(9-13(2)18-19)10-16(11-17-12-16)14-7-5-4-6-8-14/h4-9,17H,3,10-12H2,1-2H3. The molecule has 3 rings (SSSR count). The van der Waals surface area contributed by atoms with E-state index >= 15 is 0 Å². The van der Waals surface area contributed by atoms with E-state index in [1.807, 2.05) is 0 Å². The van der Waals surface area contributed by atoms with Gasteiger partial charge in [0.15, 0.2) is 0 Å². The third-order valence-electron chi connectivity index (χ3n) is 4.12. The van der Waals surface area contributed by atoms with Crippen LogP contribution in [0.5, 0.6) is 0 Å². The Balaban J connectivity index is 1.91. The molecule has 1 aliphatic heterocycles. The maximum Gasteiger partial charge on any atom is 0.0596 e. The molecule has 19 heavy (non-hydrogen) atoms. The van der Waals surface area contributed by atoms with Crippen molar-refractivity contribution in [2.45, 2.75) is 32.2 Å². The van der Waals surface area contributed by atoms with Crippen LogP contribution in [0.15, 0.2) is 36.4 Å². The summed E-state index contributed by atoms with van der Waals surface area (Å²) in [4.78, 5) is 0. The first-order valence-corrected chi connectivity index (χ1v) is 7.03. The third kappa shape index (κ3) is 2.19. The van der Waals surface area contributed by atoms with Crippen LogP contribution in [0, 0.1) is 6.92 Å². The molecule has 1 saturated heterocycles. The molecule has 0 bridgehead atoms. The average Bonchev–Trinajstić information content (AvgIpc) is 2.75. The minimum atomic E-state index is 0.251. The lowest BCUT2D eigenvalue weighted by Crippen LogP contribution is -2.58. The summed E-state index contributed by atoms with van der Waals surface area (Å²) in [6, 6.07) is 13.1. The van der Waals surface area contributed by atoms with Gasteiger partial charge in [-0.1, -0.05) is 30.3 Å². The number of aryl methyl sites for hydroxylation is 2. The Kier molecular flexibility index (Phi) is 3.15. The molecule has 0 unspecified atom stereocenters. The van der Waals surface area contributed by atoms with E-state index in [1.54, 1.807) is 0 Å². The topological polar surface area (TPSA) is 29.9 Å². The molecule has 2 heterocycles. The second-order valence-electron chi connectivity index (χ2n) is 5.52. The highest BCUT2D eigenvalue weighted by Gasteiger charge is 2.39. The number of hydrogen-bond donors (Lipinski definition) is 1. The quantitative estimate of drug-likeness (QED) is 0.908. The van der Waals surface area contributed by atoms with Crippen LogP contribution in [0.3, 0.4) is 0 Å². The summed E-state index contributed by atoms with van der Waals surface area (Å²) >= 11 is 0. The van der Waals surface area contributed by atoms with Gasteiger partial charge in [-0.25, -0.2) is 0 Å². The largest absolute Gasteiger partial charge is 0.315 e. The highest BCUT2D eigenvalue weighted by Crippen LogP contribution is 2.32. The predicted octanol–water partition coefficient (Wildman–Crippen LogP) is 2.30. The summed E-state index contributed by atoms with van der Waals surface area (Å²) in [5, 5.41) is 8.00. The molecule has 0 aliphatic carbocycles. The fraction of sp³-hybridized carbons (Fsp3) is 0.438. The van der Waals surface area contributed by atoms with E-state index in [0.29, 0.717) is 0 Å². The molecule has 100 valence electrons. The second kappa shape index (κ2) is 4.82. The van der Waals surface area contributed by atoms with Gasteiger partial charge in [0.2, 0.25) is 0 Å². The monoisotopic (exact) mass is 255 g/mol. The fourth-order valence-corrected chi connectivity index (χ4v) is 3.01. The Morgan fingerprint density at radius 1 is 1.26 bits per heavy atom. The van der Waals surface area contributed by atoms with Gasteiger partial charge in [-0.05, 0) is 25.5 Å². The lowest BCUT2D eigenvalue weighted by molar-refractivity contribution is 0.269. The number of aromatic nitrogens is 2. The molecule has 1 fully saturated rings. The van der Waals surface area contributed by atoms with Gasteiger partial charge in [-0.2, -0.15) is 5.10 Å². The normalized spacial score (nSPS) is 17.2. The van der Waals surface area contributed by atoms with E-state index in [0.717, 1.165) is 31.7 Å². The van der Waals surface area contributed by atoms with Gasteiger partial charge in [0.25, 0.3) is 0 Å². The minimum Gasteiger partial charge on any atom is -0.315 e.